The van der Waals surface area contributed by atoms with E-state index < -0.39 is 0 Å². The van der Waals surface area contributed by atoms with Crippen LogP contribution in [0.3, 0.4) is 0 Å². The Morgan fingerprint density at radius 2 is 1.94 bits per heavy atom. The molecule has 0 aliphatic carbocycles. The Kier molecular flexibility index (Phi) is 7.93. The zero-order valence-corrected chi connectivity index (χ0v) is 11.8. The molecule has 0 aromatic carbocycles. The van der Waals surface area contributed by atoms with E-state index in [1.807, 2.05) is 18.3 Å². The van der Waals surface area contributed by atoms with Gasteiger partial charge in [0.2, 0.25) is 0 Å². The van der Waals surface area contributed by atoms with Crippen molar-refractivity contribution in [3.63, 3.8) is 0 Å². The van der Waals surface area contributed by atoms with Crippen LogP contribution in [-0.4, -0.2) is 50.4 Å². The number of halogens is 1. The van der Waals surface area contributed by atoms with Crippen LogP contribution in [0.4, 0.5) is 0 Å². The smallest absolute Gasteiger partial charge is 0.129 e. The molecule has 0 aliphatic rings. The Morgan fingerprint density at radius 1 is 1.17 bits per heavy atom. The SMILES string of the molecule is COCCCN(CCOC)Cc1ccc(Cl)nc1. The molecule has 5 heteroatoms. The van der Waals surface area contributed by atoms with Crippen molar-refractivity contribution in [2.75, 3.05) is 40.5 Å². The average molecular weight is 273 g/mol. The molecule has 1 heterocycles. The van der Waals surface area contributed by atoms with E-state index in [2.05, 4.69) is 9.88 Å². The van der Waals surface area contributed by atoms with Gasteiger partial charge in [0, 0.05) is 46.7 Å². The molecule has 0 radical (unpaired) electrons. The first-order valence-corrected chi connectivity index (χ1v) is 6.44. The van der Waals surface area contributed by atoms with E-state index in [1.54, 1.807) is 14.2 Å². The van der Waals surface area contributed by atoms with Gasteiger partial charge < -0.3 is 9.47 Å². The Hall–Kier alpha value is -0.680. The largest absolute Gasteiger partial charge is 0.385 e. The fourth-order valence-electron chi connectivity index (χ4n) is 1.68. The quantitative estimate of drug-likeness (QED) is 0.510. The molecule has 1 rings (SSSR count). The van der Waals surface area contributed by atoms with Crippen LogP contribution in [0.5, 0.6) is 0 Å². The summed E-state index contributed by atoms with van der Waals surface area (Å²) in [4.78, 5) is 6.42. The first kappa shape index (κ1) is 15.4. The maximum atomic E-state index is 5.77. The summed E-state index contributed by atoms with van der Waals surface area (Å²) in [5.74, 6) is 0. The highest BCUT2D eigenvalue weighted by Gasteiger charge is 2.06. The van der Waals surface area contributed by atoms with Crippen molar-refractivity contribution in [3.8, 4) is 0 Å². The topological polar surface area (TPSA) is 34.6 Å². The fraction of sp³-hybridized carbons (Fsp3) is 0.615. The first-order chi connectivity index (χ1) is 8.76. The fourth-order valence-corrected chi connectivity index (χ4v) is 1.79. The highest BCUT2D eigenvalue weighted by Crippen LogP contribution is 2.08. The first-order valence-electron chi connectivity index (χ1n) is 6.07. The zero-order valence-electron chi connectivity index (χ0n) is 11.1. The summed E-state index contributed by atoms with van der Waals surface area (Å²) < 4.78 is 10.2. The third kappa shape index (κ3) is 6.31. The summed E-state index contributed by atoms with van der Waals surface area (Å²) in [5, 5.41) is 0.529. The molecule has 0 saturated heterocycles. The third-order valence-corrected chi connectivity index (χ3v) is 2.85. The summed E-state index contributed by atoms with van der Waals surface area (Å²) in [6.07, 6.45) is 2.83. The Labute approximate surface area is 114 Å². The van der Waals surface area contributed by atoms with Crippen LogP contribution in [0.15, 0.2) is 18.3 Å². The van der Waals surface area contributed by atoms with Gasteiger partial charge in [0.15, 0.2) is 0 Å². The van der Waals surface area contributed by atoms with Gasteiger partial charge >= 0.3 is 0 Å². The van der Waals surface area contributed by atoms with Crippen LogP contribution in [0, 0.1) is 0 Å². The lowest BCUT2D eigenvalue weighted by Gasteiger charge is -2.21. The second-order valence-electron chi connectivity index (χ2n) is 4.10. The van der Waals surface area contributed by atoms with E-state index in [9.17, 15) is 0 Å². The predicted molar refractivity (Wildman–Crippen MR) is 72.9 cm³/mol. The molecule has 1 aromatic heterocycles. The lowest BCUT2D eigenvalue weighted by Crippen LogP contribution is -2.28. The minimum atomic E-state index is 0.529. The number of rotatable bonds is 9. The van der Waals surface area contributed by atoms with Gasteiger partial charge in [-0.2, -0.15) is 0 Å². The molecule has 102 valence electrons. The molecule has 0 N–H and O–H groups in total. The van der Waals surface area contributed by atoms with Crippen LogP contribution < -0.4 is 0 Å². The van der Waals surface area contributed by atoms with Gasteiger partial charge in [-0.1, -0.05) is 17.7 Å². The van der Waals surface area contributed by atoms with Crippen LogP contribution in [-0.2, 0) is 16.0 Å². The second-order valence-corrected chi connectivity index (χ2v) is 4.49. The maximum Gasteiger partial charge on any atom is 0.129 e. The van der Waals surface area contributed by atoms with Crippen molar-refractivity contribution >= 4 is 11.6 Å². The van der Waals surface area contributed by atoms with E-state index in [0.717, 1.165) is 44.8 Å². The molecule has 0 fully saturated rings. The summed E-state index contributed by atoms with van der Waals surface area (Å²) in [5.41, 5.74) is 1.16. The summed E-state index contributed by atoms with van der Waals surface area (Å²) >= 11 is 5.77. The molecule has 0 spiro atoms. The molecule has 0 amide bonds. The van der Waals surface area contributed by atoms with Crippen LogP contribution in [0.1, 0.15) is 12.0 Å². The number of aromatic nitrogens is 1. The minimum Gasteiger partial charge on any atom is -0.385 e. The van der Waals surface area contributed by atoms with Crippen molar-refractivity contribution < 1.29 is 9.47 Å². The Morgan fingerprint density at radius 3 is 2.56 bits per heavy atom. The number of hydrogen-bond acceptors (Lipinski definition) is 4. The van der Waals surface area contributed by atoms with E-state index in [-0.39, 0.29) is 0 Å². The van der Waals surface area contributed by atoms with Crippen molar-refractivity contribution in [2.45, 2.75) is 13.0 Å². The van der Waals surface area contributed by atoms with Crippen LogP contribution in [0.2, 0.25) is 5.15 Å². The molecule has 4 nitrogen and oxygen atoms in total. The molecule has 1 aromatic rings. The van der Waals surface area contributed by atoms with Crippen molar-refractivity contribution in [2.24, 2.45) is 0 Å². The van der Waals surface area contributed by atoms with Gasteiger partial charge in [0.25, 0.3) is 0 Å². The van der Waals surface area contributed by atoms with Gasteiger partial charge in [-0.3, -0.25) is 4.90 Å². The predicted octanol–water partition coefficient (Wildman–Crippen LogP) is 2.22. The summed E-state index contributed by atoms with van der Waals surface area (Å²) in [6.45, 7) is 4.26. The number of methoxy groups -OCH3 is 2. The lowest BCUT2D eigenvalue weighted by atomic mass is 10.2. The lowest BCUT2D eigenvalue weighted by molar-refractivity contribution is 0.129. The third-order valence-electron chi connectivity index (χ3n) is 2.63. The van der Waals surface area contributed by atoms with E-state index in [0.29, 0.717) is 5.15 Å². The van der Waals surface area contributed by atoms with E-state index in [1.165, 1.54) is 0 Å². The van der Waals surface area contributed by atoms with Crippen molar-refractivity contribution in [3.05, 3.63) is 29.0 Å². The minimum absolute atomic E-state index is 0.529. The monoisotopic (exact) mass is 272 g/mol. The van der Waals surface area contributed by atoms with Gasteiger partial charge in [-0.05, 0) is 18.1 Å². The molecule has 0 atom stereocenters. The van der Waals surface area contributed by atoms with Gasteiger partial charge in [0.05, 0.1) is 6.61 Å². The van der Waals surface area contributed by atoms with E-state index in [4.69, 9.17) is 21.1 Å². The molecule has 0 aliphatic heterocycles. The summed E-state index contributed by atoms with van der Waals surface area (Å²) in [6, 6.07) is 3.83. The van der Waals surface area contributed by atoms with E-state index >= 15 is 0 Å². The number of ether oxygens (including phenoxy) is 2. The number of pyridine rings is 1. The molecule has 0 unspecified atom stereocenters. The summed E-state index contributed by atoms with van der Waals surface area (Å²) in [7, 11) is 3.44. The average Bonchev–Trinajstić information content (AvgIpc) is 2.38. The standard InChI is InChI=1S/C13H21ClN2O2/c1-17-8-3-6-16(7-9-18-2)11-12-4-5-13(14)15-10-12/h4-5,10H,3,6-9,11H2,1-2H3. The van der Waals surface area contributed by atoms with Gasteiger partial charge in [-0.25, -0.2) is 4.98 Å². The second kappa shape index (κ2) is 9.28. The zero-order chi connectivity index (χ0) is 13.2. The highest BCUT2D eigenvalue weighted by atomic mass is 35.5. The van der Waals surface area contributed by atoms with Crippen molar-refractivity contribution in [1.29, 1.82) is 0 Å². The molecular formula is C13H21ClN2O2. The van der Waals surface area contributed by atoms with Crippen LogP contribution in [0.25, 0.3) is 0 Å². The number of nitrogens with zero attached hydrogens (tertiary/aromatic N) is 2. The number of hydrogen-bond donors (Lipinski definition) is 0. The molecule has 0 saturated carbocycles. The van der Waals surface area contributed by atoms with Crippen LogP contribution >= 0.6 is 11.6 Å². The highest BCUT2D eigenvalue weighted by molar-refractivity contribution is 6.29. The normalized spacial score (nSPS) is 11.1. The maximum absolute atomic E-state index is 5.77. The Balaban J connectivity index is 2.45. The van der Waals surface area contributed by atoms with Gasteiger partial charge in [-0.15, -0.1) is 0 Å². The van der Waals surface area contributed by atoms with Gasteiger partial charge in [0.1, 0.15) is 5.15 Å². The molecule has 0 bridgehead atoms. The Bertz CT molecular complexity index is 319. The molecule has 18 heavy (non-hydrogen) atoms. The van der Waals surface area contributed by atoms with Crippen molar-refractivity contribution in [1.82, 2.24) is 9.88 Å². The molecular weight excluding hydrogens is 252 g/mol.